The number of aliphatic imine (C=N–C) groups is 1. The molecule has 1 atom stereocenters. The van der Waals surface area contributed by atoms with Crippen LogP contribution >= 0.6 is 0 Å². The number of sulfonamides is 1. The fourth-order valence-corrected chi connectivity index (χ4v) is 5.19. The Labute approximate surface area is 203 Å². The minimum Gasteiger partial charge on any atom is -0.325 e. The van der Waals surface area contributed by atoms with Gasteiger partial charge in [-0.05, 0) is 54.0 Å². The predicted octanol–water partition coefficient (Wildman–Crippen LogP) is 4.28. The molecule has 1 aliphatic rings. The van der Waals surface area contributed by atoms with Crippen molar-refractivity contribution in [2.24, 2.45) is 16.8 Å². The summed E-state index contributed by atoms with van der Waals surface area (Å²) in [6.07, 6.45) is 2.51. The van der Waals surface area contributed by atoms with Gasteiger partial charge in [0, 0.05) is 24.7 Å². The van der Waals surface area contributed by atoms with Crippen molar-refractivity contribution in [1.82, 2.24) is 10.0 Å². The van der Waals surface area contributed by atoms with Crippen molar-refractivity contribution in [3.63, 3.8) is 0 Å². The van der Waals surface area contributed by atoms with Crippen molar-refractivity contribution in [2.45, 2.75) is 57.9 Å². The second kappa shape index (κ2) is 11.6. The van der Waals surface area contributed by atoms with Crippen LogP contribution in [0.5, 0.6) is 0 Å². The Kier molecular flexibility index (Phi) is 8.85. The monoisotopic (exact) mass is 484 g/mol. The minimum absolute atomic E-state index is 0.0296. The Bertz CT molecular complexity index is 1110. The molecular formula is C26H36N4O3S. The van der Waals surface area contributed by atoms with Crippen LogP contribution in [0.1, 0.15) is 57.7 Å². The number of rotatable bonds is 10. The van der Waals surface area contributed by atoms with Gasteiger partial charge in [0.05, 0.1) is 11.4 Å². The van der Waals surface area contributed by atoms with E-state index in [4.69, 9.17) is 0 Å². The normalized spacial score (nSPS) is 14.8. The van der Waals surface area contributed by atoms with Gasteiger partial charge in [-0.25, -0.2) is 8.42 Å². The van der Waals surface area contributed by atoms with Gasteiger partial charge in [0.15, 0.2) is 0 Å². The molecule has 34 heavy (non-hydrogen) atoms. The first-order valence-corrected chi connectivity index (χ1v) is 13.4. The Morgan fingerprint density at radius 1 is 1.06 bits per heavy atom. The van der Waals surface area contributed by atoms with E-state index in [1.54, 1.807) is 12.1 Å². The number of carbonyl (C=O) groups excluding carboxylic acids is 1. The van der Waals surface area contributed by atoms with Gasteiger partial charge in [-0.1, -0.05) is 58.0 Å². The molecule has 3 N–H and O–H groups in total. The highest BCUT2D eigenvalue weighted by Crippen LogP contribution is 2.23. The number of hydrogen-bond donors (Lipinski definition) is 3. The quantitative estimate of drug-likeness (QED) is 0.469. The van der Waals surface area contributed by atoms with Crippen LogP contribution in [0, 0.1) is 11.8 Å². The highest BCUT2D eigenvalue weighted by molar-refractivity contribution is 7.90. The number of anilines is 1. The van der Waals surface area contributed by atoms with Gasteiger partial charge in [-0.15, -0.1) is 0 Å². The van der Waals surface area contributed by atoms with Gasteiger partial charge in [0.25, 0.3) is 10.0 Å². The number of nitrogens with zero attached hydrogens (tertiary/aromatic N) is 1. The van der Waals surface area contributed by atoms with Crippen LogP contribution < -0.4 is 15.4 Å². The van der Waals surface area contributed by atoms with Crippen molar-refractivity contribution in [2.75, 3.05) is 18.4 Å². The van der Waals surface area contributed by atoms with Crippen molar-refractivity contribution in [3.05, 3.63) is 59.7 Å². The lowest BCUT2D eigenvalue weighted by atomic mass is 9.94. The molecule has 3 rings (SSSR count). The number of carbonyl (C=O) groups is 1. The van der Waals surface area contributed by atoms with Crippen LogP contribution in [-0.2, 0) is 21.2 Å². The Morgan fingerprint density at radius 2 is 1.79 bits per heavy atom. The second-order valence-electron chi connectivity index (χ2n) is 9.56. The third kappa shape index (κ3) is 7.40. The Morgan fingerprint density at radius 3 is 2.41 bits per heavy atom. The van der Waals surface area contributed by atoms with Crippen LogP contribution in [-0.4, -0.2) is 33.3 Å². The van der Waals surface area contributed by atoms with E-state index in [2.05, 4.69) is 72.3 Å². The van der Waals surface area contributed by atoms with Crippen LogP contribution in [0.2, 0.25) is 0 Å². The van der Waals surface area contributed by atoms with E-state index < -0.39 is 10.0 Å². The second-order valence-corrected chi connectivity index (χ2v) is 11.2. The molecule has 0 aromatic heterocycles. The molecule has 1 heterocycles. The first kappa shape index (κ1) is 25.9. The lowest BCUT2D eigenvalue weighted by Gasteiger charge is -2.23. The summed E-state index contributed by atoms with van der Waals surface area (Å²) < 4.78 is 27.8. The van der Waals surface area contributed by atoms with Crippen LogP contribution in [0.3, 0.4) is 0 Å². The smallest absolute Gasteiger partial charge is 0.262 e. The average molecular weight is 485 g/mol. The van der Waals surface area contributed by atoms with E-state index in [0.29, 0.717) is 36.3 Å². The molecule has 0 saturated heterocycles. The van der Waals surface area contributed by atoms with Crippen LogP contribution in [0.25, 0.3) is 0 Å². The largest absolute Gasteiger partial charge is 0.325 e. The third-order valence-corrected chi connectivity index (χ3v) is 7.07. The molecule has 7 nitrogen and oxygen atoms in total. The predicted molar refractivity (Wildman–Crippen MR) is 137 cm³/mol. The van der Waals surface area contributed by atoms with Gasteiger partial charge in [0.1, 0.15) is 5.84 Å². The number of hydrogen-bond acceptors (Lipinski definition) is 5. The van der Waals surface area contributed by atoms with Gasteiger partial charge >= 0.3 is 0 Å². The molecule has 184 valence electrons. The SMILES string of the molecule is CC(C)Cc1ccc(C(NCC(=O)Nc2cccc(S(=O)(=O)NC3=NCCC3)c2)C(C)C)cc1. The van der Waals surface area contributed by atoms with Gasteiger partial charge in [-0.2, -0.15) is 0 Å². The zero-order valence-electron chi connectivity index (χ0n) is 20.5. The molecule has 0 fully saturated rings. The number of benzene rings is 2. The van der Waals surface area contributed by atoms with E-state index >= 15 is 0 Å². The third-order valence-electron chi connectivity index (χ3n) is 5.69. The molecule has 1 aliphatic heterocycles. The summed E-state index contributed by atoms with van der Waals surface area (Å²) in [6, 6.07) is 14.9. The highest BCUT2D eigenvalue weighted by atomic mass is 32.2. The maximum Gasteiger partial charge on any atom is 0.262 e. The van der Waals surface area contributed by atoms with Crippen LogP contribution in [0.4, 0.5) is 5.69 Å². The lowest BCUT2D eigenvalue weighted by molar-refractivity contribution is -0.115. The summed E-state index contributed by atoms with van der Waals surface area (Å²) in [5, 5.41) is 6.15. The van der Waals surface area contributed by atoms with E-state index in [-0.39, 0.29) is 23.4 Å². The molecule has 0 aliphatic carbocycles. The van der Waals surface area contributed by atoms with Gasteiger partial charge in [0.2, 0.25) is 5.91 Å². The molecule has 0 saturated carbocycles. The van der Waals surface area contributed by atoms with E-state index in [1.807, 2.05) is 0 Å². The molecule has 0 spiro atoms. The summed E-state index contributed by atoms with van der Waals surface area (Å²) >= 11 is 0. The number of amidine groups is 1. The van der Waals surface area contributed by atoms with Crippen molar-refractivity contribution >= 4 is 27.5 Å². The van der Waals surface area contributed by atoms with Crippen LogP contribution in [0.15, 0.2) is 58.4 Å². The van der Waals surface area contributed by atoms with Gasteiger partial charge < -0.3 is 10.6 Å². The molecule has 0 radical (unpaired) electrons. The fourth-order valence-electron chi connectivity index (χ4n) is 4.06. The van der Waals surface area contributed by atoms with E-state index in [0.717, 1.165) is 18.4 Å². The molecule has 2 aromatic carbocycles. The van der Waals surface area contributed by atoms with E-state index in [1.165, 1.54) is 17.7 Å². The summed E-state index contributed by atoms with van der Waals surface area (Å²) in [6.45, 7) is 9.40. The van der Waals surface area contributed by atoms with Crippen molar-refractivity contribution in [1.29, 1.82) is 0 Å². The van der Waals surface area contributed by atoms with Crippen molar-refractivity contribution in [3.8, 4) is 0 Å². The molecule has 8 heteroatoms. The van der Waals surface area contributed by atoms with Gasteiger partial charge in [-0.3, -0.25) is 14.5 Å². The first-order chi connectivity index (χ1) is 16.1. The first-order valence-electron chi connectivity index (χ1n) is 11.9. The zero-order valence-corrected chi connectivity index (χ0v) is 21.3. The van der Waals surface area contributed by atoms with E-state index in [9.17, 15) is 13.2 Å². The molecule has 1 unspecified atom stereocenters. The number of amides is 1. The molecule has 1 amide bonds. The number of nitrogens with one attached hydrogen (secondary N) is 3. The average Bonchev–Trinajstić information content (AvgIpc) is 3.27. The maximum atomic E-state index is 12.6. The van der Waals surface area contributed by atoms with Crippen molar-refractivity contribution < 1.29 is 13.2 Å². The highest BCUT2D eigenvalue weighted by Gasteiger charge is 2.20. The Hall–Kier alpha value is -2.71. The molecular weight excluding hydrogens is 448 g/mol. The molecule has 0 bridgehead atoms. The standard InChI is InChI=1S/C26H36N4O3S/c1-18(2)15-20-10-12-21(13-11-20)26(19(3)4)28-17-25(31)29-22-7-5-8-23(16-22)34(32,33)30-24-9-6-14-27-24/h5,7-8,10-13,16,18-19,26,28H,6,9,14-15,17H2,1-4H3,(H,27,30)(H,29,31). The summed E-state index contributed by atoms with van der Waals surface area (Å²) in [4.78, 5) is 16.9. The molecule has 2 aromatic rings. The topological polar surface area (TPSA) is 99.7 Å². The minimum atomic E-state index is -3.73. The summed E-state index contributed by atoms with van der Waals surface area (Å²) in [7, 11) is -3.73. The lowest BCUT2D eigenvalue weighted by Crippen LogP contribution is -2.33. The zero-order chi connectivity index (χ0) is 24.7. The maximum absolute atomic E-state index is 12.6. The Balaban J connectivity index is 1.60. The summed E-state index contributed by atoms with van der Waals surface area (Å²) in [5.74, 6) is 1.15. The fraction of sp³-hybridized carbons (Fsp3) is 0.462. The summed E-state index contributed by atoms with van der Waals surface area (Å²) in [5.41, 5.74) is 2.88.